The number of urea groups is 1. The van der Waals surface area contributed by atoms with Gasteiger partial charge in [0, 0.05) is 30.4 Å². The lowest BCUT2D eigenvalue weighted by Crippen LogP contribution is -2.38. The topological polar surface area (TPSA) is 109 Å². The molecule has 2 fully saturated rings. The van der Waals surface area contributed by atoms with E-state index >= 15 is 4.39 Å². The molecule has 0 unspecified atom stereocenters. The second kappa shape index (κ2) is 9.53. The molecule has 3 amide bonds. The largest absolute Gasteiger partial charge is 0.444 e. The molecule has 2 N–H and O–H groups in total. The number of morpholine rings is 1. The predicted octanol–water partition coefficient (Wildman–Crippen LogP) is 3.65. The van der Waals surface area contributed by atoms with Gasteiger partial charge < -0.3 is 25.0 Å². The normalized spacial score (nSPS) is 17.6. The van der Waals surface area contributed by atoms with Crippen LogP contribution in [0.1, 0.15) is 44.9 Å². The first-order chi connectivity index (χ1) is 17.2. The second-order valence-corrected chi connectivity index (χ2v) is 10.3. The number of amides is 3. The van der Waals surface area contributed by atoms with E-state index in [1.165, 1.54) is 6.07 Å². The van der Waals surface area contributed by atoms with E-state index < -0.39 is 17.5 Å². The number of hydrogen-bond acceptors (Lipinski definition) is 7. The van der Waals surface area contributed by atoms with Gasteiger partial charge in [0.1, 0.15) is 17.2 Å². The Morgan fingerprint density at radius 3 is 2.56 bits per heavy atom. The van der Waals surface area contributed by atoms with Crippen molar-refractivity contribution in [3.05, 3.63) is 35.3 Å². The third kappa shape index (κ3) is 5.51. The van der Waals surface area contributed by atoms with Crippen LogP contribution in [0.3, 0.4) is 0 Å². The fourth-order valence-corrected chi connectivity index (χ4v) is 4.20. The molecular weight excluding hydrogens is 467 g/mol. The van der Waals surface area contributed by atoms with Crippen molar-refractivity contribution in [1.29, 1.82) is 0 Å². The van der Waals surface area contributed by atoms with Crippen molar-refractivity contribution in [3.8, 4) is 11.4 Å². The molecule has 1 aliphatic carbocycles. The van der Waals surface area contributed by atoms with E-state index in [4.69, 9.17) is 14.5 Å². The molecule has 11 heteroatoms. The van der Waals surface area contributed by atoms with Crippen LogP contribution in [-0.4, -0.2) is 64.9 Å². The molecule has 3 aliphatic rings. The van der Waals surface area contributed by atoms with Crippen LogP contribution in [0.15, 0.2) is 18.2 Å². The molecular formula is C25H31FN6O4. The van der Waals surface area contributed by atoms with Gasteiger partial charge in [0.25, 0.3) is 0 Å². The fraction of sp³-hybridized carbons (Fsp3) is 0.520. The van der Waals surface area contributed by atoms with Gasteiger partial charge in [-0.1, -0.05) is 0 Å². The minimum Gasteiger partial charge on any atom is -0.444 e. The van der Waals surface area contributed by atoms with Gasteiger partial charge in [0.15, 0.2) is 5.82 Å². The molecule has 0 radical (unpaired) electrons. The standard InChI is InChI=1S/C25H31FN6O4/c1-25(2,3)36-24(34)32-13-18-20(14-32)29-21(30-22(18)31-8-10-35-11-9-31)17-7-6-16(12-19(17)26)28-23(33)27-15-4-5-15/h6-7,12,15H,4-5,8-11,13-14H2,1-3H3,(H2,27,28,33). The zero-order valence-electron chi connectivity index (χ0n) is 20.8. The highest BCUT2D eigenvalue weighted by molar-refractivity contribution is 5.90. The molecule has 10 nitrogen and oxygen atoms in total. The average Bonchev–Trinajstić information content (AvgIpc) is 3.51. The summed E-state index contributed by atoms with van der Waals surface area (Å²) in [5.41, 5.74) is 1.44. The first-order valence-electron chi connectivity index (χ1n) is 12.2. The number of carbonyl (C=O) groups is 2. The molecule has 3 heterocycles. The minimum absolute atomic E-state index is 0.202. The summed E-state index contributed by atoms with van der Waals surface area (Å²) in [6.07, 6.45) is 1.50. The Hall–Kier alpha value is -3.47. The quantitative estimate of drug-likeness (QED) is 0.662. The maximum Gasteiger partial charge on any atom is 0.410 e. The second-order valence-electron chi connectivity index (χ2n) is 10.3. The van der Waals surface area contributed by atoms with Crippen molar-refractivity contribution < 1.29 is 23.5 Å². The summed E-state index contributed by atoms with van der Waals surface area (Å²) in [7, 11) is 0. The van der Waals surface area contributed by atoms with Crippen LogP contribution in [-0.2, 0) is 22.6 Å². The lowest BCUT2D eigenvalue weighted by molar-refractivity contribution is 0.0240. The number of benzene rings is 1. The van der Waals surface area contributed by atoms with Crippen LogP contribution in [0.2, 0.25) is 0 Å². The number of nitrogens with one attached hydrogen (secondary N) is 2. The van der Waals surface area contributed by atoms with Gasteiger partial charge in [0.2, 0.25) is 0 Å². The third-order valence-electron chi connectivity index (χ3n) is 6.10. The van der Waals surface area contributed by atoms with Crippen LogP contribution in [0.5, 0.6) is 0 Å². The third-order valence-corrected chi connectivity index (χ3v) is 6.10. The summed E-state index contributed by atoms with van der Waals surface area (Å²) in [6, 6.07) is 4.30. The Morgan fingerprint density at radius 2 is 1.89 bits per heavy atom. The number of rotatable bonds is 4. The molecule has 5 rings (SSSR count). The van der Waals surface area contributed by atoms with Gasteiger partial charge in [-0.15, -0.1) is 0 Å². The molecule has 1 saturated heterocycles. The van der Waals surface area contributed by atoms with Gasteiger partial charge >= 0.3 is 12.1 Å². The van der Waals surface area contributed by atoms with Gasteiger partial charge in [-0.25, -0.2) is 23.9 Å². The van der Waals surface area contributed by atoms with E-state index in [2.05, 4.69) is 20.5 Å². The molecule has 1 saturated carbocycles. The molecule has 0 atom stereocenters. The van der Waals surface area contributed by atoms with Crippen molar-refractivity contribution in [1.82, 2.24) is 20.2 Å². The summed E-state index contributed by atoms with van der Waals surface area (Å²) in [5.74, 6) is 0.358. The first kappa shape index (κ1) is 24.2. The zero-order valence-corrected chi connectivity index (χ0v) is 20.8. The molecule has 2 aliphatic heterocycles. The van der Waals surface area contributed by atoms with E-state index in [0.29, 0.717) is 50.0 Å². The highest BCUT2D eigenvalue weighted by Crippen LogP contribution is 2.34. The van der Waals surface area contributed by atoms with Crippen LogP contribution in [0, 0.1) is 5.82 Å². The van der Waals surface area contributed by atoms with Gasteiger partial charge in [-0.3, -0.25) is 4.90 Å². The van der Waals surface area contributed by atoms with Crippen LogP contribution < -0.4 is 15.5 Å². The van der Waals surface area contributed by atoms with Crippen molar-refractivity contribution in [3.63, 3.8) is 0 Å². The maximum absolute atomic E-state index is 15.2. The monoisotopic (exact) mass is 498 g/mol. The van der Waals surface area contributed by atoms with Gasteiger partial charge in [-0.2, -0.15) is 0 Å². The van der Waals surface area contributed by atoms with Crippen molar-refractivity contribution in [2.45, 2.75) is 58.3 Å². The molecule has 2 aromatic rings. The van der Waals surface area contributed by atoms with Crippen molar-refractivity contribution in [2.75, 3.05) is 36.5 Å². The number of halogens is 1. The predicted molar refractivity (Wildman–Crippen MR) is 131 cm³/mol. The van der Waals surface area contributed by atoms with Crippen LogP contribution in [0.25, 0.3) is 11.4 Å². The summed E-state index contributed by atoms with van der Waals surface area (Å²) >= 11 is 0. The van der Waals surface area contributed by atoms with Crippen LogP contribution >= 0.6 is 0 Å². The lowest BCUT2D eigenvalue weighted by Gasteiger charge is -2.29. The van der Waals surface area contributed by atoms with Crippen LogP contribution in [0.4, 0.5) is 25.5 Å². The first-order valence-corrected chi connectivity index (χ1v) is 12.2. The highest BCUT2D eigenvalue weighted by Gasteiger charge is 2.33. The molecule has 0 bridgehead atoms. The Labute approximate surface area is 209 Å². The number of carbonyl (C=O) groups excluding carboxylic acids is 2. The number of anilines is 2. The minimum atomic E-state index is -0.621. The van der Waals surface area contributed by atoms with E-state index in [1.54, 1.807) is 17.0 Å². The Kier molecular flexibility index (Phi) is 6.42. The maximum atomic E-state index is 15.2. The average molecular weight is 499 g/mol. The van der Waals surface area contributed by atoms with Crippen molar-refractivity contribution in [2.24, 2.45) is 0 Å². The highest BCUT2D eigenvalue weighted by atomic mass is 19.1. The smallest absolute Gasteiger partial charge is 0.410 e. The fourth-order valence-electron chi connectivity index (χ4n) is 4.20. The van der Waals surface area contributed by atoms with Crippen molar-refractivity contribution >= 4 is 23.6 Å². The van der Waals surface area contributed by atoms with E-state index in [0.717, 1.165) is 18.4 Å². The van der Waals surface area contributed by atoms with E-state index in [-0.39, 0.29) is 30.0 Å². The number of ether oxygens (including phenoxy) is 2. The molecule has 0 spiro atoms. The SMILES string of the molecule is CC(C)(C)OC(=O)N1Cc2nc(-c3ccc(NC(=O)NC4CC4)cc3F)nc(N3CCOCC3)c2C1. The summed E-state index contributed by atoms with van der Waals surface area (Å²) in [4.78, 5) is 37.8. The number of nitrogens with zero attached hydrogens (tertiary/aromatic N) is 4. The summed E-state index contributed by atoms with van der Waals surface area (Å²) in [6.45, 7) is 8.42. The number of fused-ring (bicyclic) bond motifs is 1. The Balaban J connectivity index is 1.43. The Morgan fingerprint density at radius 1 is 1.14 bits per heavy atom. The number of aromatic nitrogens is 2. The number of hydrogen-bond donors (Lipinski definition) is 2. The lowest BCUT2D eigenvalue weighted by atomic mass is 10.1. The van der Waals surface area contributed by atoms with Gasteiger partial charge in [-0.05, 0) is 51.8 Å². The Bertz CT molecular complexity index is 1170. The van der Waals surface area contributed by atoms with E-state index in [9.17, 15) is 9.59 Å². The van der Waals surface area contributed by atoms with Gasteiger partial charge in [0.05, 0.1) is 37.6 Å². The van der Waals surface area contributed by atoms with E-state index in [1.807, 2.05) is 20.8 Å². The molecule has 192 valence electrons. The molecule has 1 aromatic carbocycles. The summed E-state index contributed by atoms with van der Waals surface area (Å²) in [5, 5.41) is 5.48. The zero-order chi connectivity index (χ0) is 25.4. The summed E-state index contributed by atoms with van der Waals surface area (Å²) < 4.78 is 26.3. The molecule has 36 heavy (non-hydrogen) atoms. The molecule has 1 aromatic heterocycles.